The summed E-state index contributed by atoms with van der Waals surface area (Å²) in [6.45, 7) is -0.380. The minimum Gasteiger partial charge on any atom is -0.457 e. The van der Waals surface area contributed by atoms with Crippen LogP contribution in [0.15, 0.2) is 72.8 Å². The number of fused-ring (bicyclic) bond motifs is 1. The monoisotopic (exact) mass is 483 g/mol. The van der Waals surface area contributed by atoms with Gasteiger partial charge in [-0.2, -0.15) is 13.2 Å². The van der Waals surface area contributed by atoms with Crippen molar-refractivity contribution >= 4 is 11.6 Å². The number of halogens is 6. The van der Waals surface area contributed by atoms with Gasteiger partial charge in [-0.25, -0.2) is 0 Å². The molecule has 1 amide bonds. The Morgan fingerprint density at radius 3 is 2.00 bits per heavy atom. The summed E-state index contributed by atoms with van der Waals surface area (Å²) < 4.78 is 88.1. The van der Waals surface area contributed by atoms with Gasteiger partial charge in [0.15, 0.2) is 0 Å². The molecule has 1 atom stereocenters. The van der Waals surface area contributed by atoms with E-state index in [0.717, 1.165) is 12.1 Å². The SMILES string of the molecule is O=C1N(Cc2ccc(Oc3ccccc3)cc2)c2ccc(OC(F)(F)F)cc2C1(O)C(F)(F)F. The molecule has 0 spiro atoms. The van der Waals surface area contributed by atoms with Crippen LogP contribution in [0.2, 0.25) is 0 Å². The van der Waals surface area contributed by atoms with Gasteiger partial charge in [0.25, 0.3) is 11.5 Å². The molecular weight excluding hydrogens is 468 g/mol. The summed E-state index contributed by atoms with van der Waals surface area (Å²) in [7, 11) is 0. The summed E-state index contributed by atoms with van der Waals surface area (Å²) in [5.74, 6) is -1.73. The number of benzene rings is 3. The third-order valence-corrected chi connectivity index (χ3v) is 5.09. The van der Waals surface area contributed by atoms with Crippen molar-refractivity contribution in [1.29, 1.82) is 0 Å². The lowest BCUT2D eigenvalue weighted by atomic mass is 9.94. The van der Waals surface area contributed by atoms with Crippen molar-refractivity contribution in [3.63, 3.8) is 0 Å². The first kappa shape index (κ1) is 23.4. The van der Waals surface area contributed by atoms with Crippen molar-refractivity contribution < 1.29 is 45.7 Å². The van der Waals surface area contributed by atoms with Crippen LogP contribution in [0.25, 0.3) is 0 Å². The van der Waals surface area contributed by atoms with Crippen LogP contribution in [0, 0.1) is 0 Å². The average Bonchev–Trinajstić information content (AvgIpc) is 2.97. The van der Waals surface area contributed by atoms with Crippen LogP contribution < -0.4 is 14.4 Å². The second-order valence-electron chi connectivity index (χ2n) is 7.39. The van der Waals surface area contributed by atoms with Gasteiger partial charge in [-0.05, 0) is 48.0 Å². The highest BCUT2D eigenvalue weighted by Crippen LogP contribution is 2.51. The first-order chi connectivity index (χ1) is 15.9. The molecule has 11 heteroatoms. The van der Waals surface area contributed by atoms with Crippen molar-refractivity contribution in [3.05, 3.63) is 83.9 Å². The zero-order valence-electron chi connectivity index (χ0n) is 17.0. The largest absolute Gasteiger partial charge is 0.573 e. The number of aliphatic hydroxyl groups is 1. The fraction of sp³-hybridized carbons (Fsp3) is 0.174. The number of hydrogen-bond donors (Lipinski definition) is 1. The summed E-state index contributed by atoms with van der Waals surface area (Å²) in [6.07, 6.45) is -10.7. The van der Waals surface area contributed by atoms with Crippen LogP contribution >= 0.6 is 0 Å². The number of nitrogens with zero attached hydrogens (tertiary/aromatic N) is 1. The van der Waals surface area contributed by atoms with E-state index in [1.54, 1.807) is 42.5 Å². The maximum absolute atomic E-state index is 13.7. The van der Waals surface area contributed by atoms with E-state index in [-0.39, 0.29) is 12.2 Å². The Bertz CT molecular complexity index is 1190. The lowest BCUT2D eigenvalue weighted by Crippen LogP contribution is -2.50. The van der Waals surface area contributed by atoms with Gasteiger partial charge in [-0.1, -0.05) is 30.3 Å². The predicted octanol–water partition coefficient (Wildman–Crippen LogP) is 5.67. The Morgan fingerprint density at radius 2 is 1.41 bits per heavy atom. The lowest BCUT2D eigenvalue weighted by Gasteiger charge is -2.25. The van der Waals surface area contributed by atoms with E-state index in [1.807, 2.05) is 0 Å². The molecule has 0 fully saturated rings. The quantitative estimate of drug-likeness (QED) is 0.475. The van der Waals surface area contributed by atoms with Gasteiger partial charge in [0.05, 0.1) is 12.2 Å². The molecule has 178 valence electrons. The number of alkyl halides is 6. The fourth-order valence-corrected chi connectivity index (χ4v) is 3.56. The number of rotatable bonds is 5. The topological polar surface area (TPSA) is 59.0 Å². The minimum atomic E-state index is -5.49. The van der Waals surface area contributed by atoms with Gasteiger partial charge in [0, 0.05) is 5.56 Å². The molecule has 4 rings (SSSR count). The second-order valence-corrected chi connectivity index (χ2v) is 7.39. The number of carbonyl (C=O) groups is 1. The number of hydrogen-bond acceptors (Lipinski definition) is 4. The zero-order valence-corrected chi connectivity index (χ0v) is 17.0. The molecule has 5 nitrogen and oxygen atoms in total. The molecule has 1 aliphatic heterocycles. The van der Waals surface area contributed by atoms with Crippen molar-refractivity contribution in [2.24, 2.45) is 0 Å². The highest BCUT2D eigenvalue weighted by molar-refractivity contribution is 6.07. The summed E-state index contributed by atoms with van der Waals surface area (Å²) >= 11 is 0. The third kappa shape index (κ3) is 4.38. The summed E-state index contributed by atoms with van der Waals surface area (Å²) in [5, 5.41) is 10.4. The Kier molecular flexibility index (Phi) is 5.68. The summed E-state index contributed by atoms with van der Waals surface area (Å²) in [6, 6.07) is 16.9. The van der Waals surface area contributed by atoms with Gasteiger partial charge in [-0.15, -0.1) is 13.2 Å². The maximum Gasteiger partial charge on any atom is 0.573 e. The van der Waals surface area contributed by atoms with E-state index in [2.05, 4.69) is 4.74 Å². The predicted molar refractivity (Wildman–Crippen MR) is 107 cm³/mol. The number of amides is 1. The van der Waals surface area contributed by atoms with Gasteiger partial charge >= 0.3 is 12.5 Å². The molecule has 0 radical (unpaired) electrons. The molecule has 1 unspecified atom stereocenters. The molecule has 3 aromatic carbocycles. The van der Waals surface area contributed by atoms with Crippen LogP contribution in [-0.4, -0.2) is 23.6 Å². The highest BCUT2D eigenvalue weighted by Gasteiger charge is 2.66. The molecule has 0 saturated carbocycles. The molecule has 3 aromatic rings. The molecule has 0 bridgehead atoms. The van der Waals surface area contributed by atoms with Crippen LogP contribution in [0.5, 0.6) is 17.2 Å². The van der Waals surface area contributed by atoms with Gasteiger partial charge in [-0.3, -0.25) is 4.79 Å². The van der Waals surface area contributed by atoms with Crippen LogP contribution in [0.3, 0.4) is 0 Å². The lowest BCUT2D eigenvalue weighted by molar-refractivity contribution is -0.274. The average molecular weight is 483 g/mol. The van der Waals surface area contributed by atoms with Gasteiger partial charge in [0.2, 0.25) is 0 Å². The van der Waals surface area contributed by atoms with Crippen LogP contribution in [0.1, 0.15) is 11.1 Å². The first-order valence-corrected chi connectivity index (χ1v) is 9.72. The zero-order chi connectivity index (χ0) is 24.7. The van der Waals surface area contributed by atoms with Crippen molar-refractivity contribution in [2.75, 3.05) is 4.90 Å². The second kappa shape index (κ2) is 8.24. The van der Waals surface area contributed by atoms with E-state index in [9.17, 15) is 36.2 Å². The molecular formula is C23H15F6NO4. The third-order valence-electron chi connectivity index (χ3n) is 5.09. The van der Waals surface area contributed by atoms with Crippen molar-refractivity contribution in [3.8, 4) is 17.2 Å². The Labute approximate surface area is 188 Å². The smallest absolute Gasteiger partial charge is 0.457 e. The minimum absolute atomic E-state index is 0.366. The Balaban J connectivity index is 1.63. The molecule has 0 aromatic heterocycles. The normalized spacial score (nSPS) is 18.1. The molecule has 0 aliphatic carbocycles. The van der Waals surface area contributed by atoms with Crippen molar-refractivity contribution in [1.82, 2.24) is 0 Å². The van der Waals surface area contributed by atoms with E-state index >= 15 is 0 Å². The Hall–Kier alpha value is -3.73. The highest BCUT2D eigenvalue weighted by atomic mass is 19.4. The molecule has 1 aliphatic rings. The standard InChI is InChI=1S/C23H15F6NO4/c24-22(25,26)21(32)18-12-17(34-23(27,28)29)10-11-19(18)30(20(21)31)13-14-6-8-16(9-7-14)33-15-4-2-1-3-5-15/h1-12,32H,13H2. The Morgan fingerprint density at radius 1 is 0.824 bits per heavy atom. The summed E-state index contributed by atoms with van der Waals surface area (Å²) in [5.41, 5.74) is -5.06. The molecule has 1 heterocycles. The fourth-order valence-electron chi connectivity index (χ4n) is 3.56. The number of carbonyl (C=O) groups excluding carboxylic acids is 1. The number of ether oxygens (including phenoxy) is 2. The van der Waals surface area contributed by atoms with E-state index in [4.69, 9.17) is 4.74 Å². The first-order valence-electron chi connectivity index (χ1n) is 9.72. The van der Waals surface area contributed by atoms with E-state index in [1.165, 1.54) is 12.1 Å². The van der Waals surface area contributed by atoms with Gasteiger partial charge in [0.1, 0.15) is 17.2 Å². The molecule has 0 saturated heterocycles. The number of anilines is 1. The van der Waals surface area contributed by atoms with Crippen molar-refractivity contribution in [2.45, 2.75) is 24.7 Å². The van der Waals surface area contributed by atoms with Gasteiger partial charge < -0.3 is 19.5 Å². The molecule has 1 N–H and O–H groups in total. The van der Waals surface area contributed by atoms with E-state index in [0.29, 0.717) is 28.0 Å². The molecule has 34 heavy (non-hydrogen) atoms. The summed E-state index contributed by atoms with van der Waals surface area (Å²) in [4.78, 5) is 13.4. The van der Waals surface area contributed by atoms with Crippen LogP contribution in [0.4, 0.5) is 32.0 Å². The van der Waals surface area contributed by atoms with E-state index < -0.39 is 35.4 Å². The number of para-hydroxylation sites is 1. The van der Waals surface area contributed by atoms with Crippen LogP contribution in [-0.2, 0) is 16.9 Å². The maximum atomic E-state index is 13.7.